The summed E-state index contributed by atoms with van der Waals surface area (Å²) in [4.78, 5) is 29.5. The molecule has 2 saturated heterocycles. The zero-order chi connectivity index (χ0) is 38.6. The summed E-state index contributed by atoms with van der Waals surface area (Å²) in [5.41, 5.74) is 4.30. The second kappa shape index (κ2) is 14.7. The molecule has 5 unspecified atom stereocenters. The maximum atomic E-state index is 13.4. The van der Waals surface area contributed by atoms with Gasteiger partial charge in [-0.05, 0) is 86.5 Å². The van der Waals surface area contributed by atoms with E-state index >= 15 is 0 Å². The number of nitrogens with zero attached hydrogens (tertiary/aromatic N) is 2. The number of carboxylic acid groups (broad SMARTS) is 1. The number of aromatic hydroxyl groups is 1. The van der Waals surface area contributed by atoms with Crippen molar-refractivity contribution in [3.8, 4) is 23.0 Å². The molecule has 4 N–H and O–H groups in total. The van der Waals surface area contributed by atoms with Crippen molar-refractivity contribution in [3.05, 3.63) is 81.0 Å². The largest absolute Gasteiger partial charge is 0.508 e. The number of aliphatic hydroxyl groups is 1. The fraction of sp³-hybridized carbons (Fsp3) is 0.500. The van der Waals surface area contributed by atoms with Gasteiger partial charge in [0.2, 0.25) is 6.79 Å². The summed E-state index contributed by atoms with van der Waals surface area (Å²) in [7, 11) is 5.14. The van der Waals surface area contributed by atoms with Gasteiger partial charge in [-0.15, -0.1) is 0 Å². The minimum absolute atomic E-state index is 0.0123. The van der Waals surface area contributed by atoms with Crippen molar-refractivity contribution < 1.29 is 48.6 Å². The van der Waals surface area contributed by atoms with Gasteiger partial charge in [0.05, 0.1) is 20.3 Å². The van der Waals surface area contributed by atoms with E-state index in [1.54, 1.807) is 37.9 Å². The molecule has 0 radical (unpaired) electrons. The molecule has 5 aliphatic rings. The highest BCUT2D eigenvalue weighted by atomic mass is 32.2. The number of aliphatic carboxylic acids is 1. The highest BCUT2D eigenvalue weighted by Gasteiger charge is 2.53. The zero-order valence-corrected chi connectivity index (χ0v) is 32.4. The van der Waals surface area contributed by atoms with Gasteiger partial charge < -0.3 is 39.0 Å². The average molecular weight is 764 g/mol. The lowest BCUT2D eigenvalue weighted by Crippen LogP contribution is -2.67. The van der Waals surface area contributed by atoms with Crippen molar-refractivity contribution in [1.82, 2.24) is 15.1 Å². The van der Waals surface area contributed by atoms with Gasteiger partial charge in [0.1, 0.15) is 5.76 Å². The molecule has 290 valence electrons. The number of thioether (sulfide) groups is 1. The summed E-state index contributed by atoms with van der Waals surface area (Å²) in [6.07, 6.45) is 2.97. The van der Waals surface area contributed by atoms with Crippen molar-refractivity contribution in [3.63, 3.8) is 0 Å². The number of benzene rings is 2. The summed E-state index contributed by atoms with van der Waals surface area (Å²) >= 11 is 1.57. The Labute approximate surface area is 319 Å². The number of methoxy groups -OCH3 is 2. The Balaban J connectivity index is 1.31. The van der Waals surface area contributed by atoms with E-state index in [1.807, 2.05) is 6.92 Å². The van der Waals surface area contributed by atoms with Crippen molar-refractivity contribution in [1.29, 1.82) is 0 Å². The fourth-order valence-electron chi connectivity index (χ4n) is 9.19. The van der Waals surface area contributed by atoms with Crippen LogP contribution in [0.15, 0.2) is 53.2 Å². The predicted molar refractivity (Wildman–Crippen MR) is 202 cm³/mol. The van der Waals surface area contributed by atoms with E-state index in [9.17, 15) is 24.9 Å². The second-order valence-corrected chi connectivity index (χ2v) is 16.2. The number of carbonyl (C=O) groups is 2. The number of hydrogen-bond donors (Lipinski definition) is 4. The summed E-state index contributed by atoms with van der Waals surface area (Å²) in [5.74, 6) is 1.34. The van der Waals surface area contributed by atoms with Crippen LogP contribution in [-0.2, 0) is 37.4 Å². The van der Waals surface area contributed by atoms with Crippen LogP contribution in [0.3, 0.4) is 0 Å². The lowest BCUT2D eigenvalue weighted by Gasteiger charge is -2.59. The van der Waals surface area contributed by atoms with Gasteiger partial charge >= 0.3 is 5.97 Å². The lowest BCUT2D eigenvalue weighted by atomic mass is 9.75. The number of allylic oxidation sites excluding steroid dienone is 1. The van der Waals surface area contributed by atoms with Gasteiger partial charge in [0.15, 0.2) is 40.1 Å². The van der Waals surface area contributed by atoms with Gasteiger partial charge in [-0.3, -0.25) is 19.9 Å². The number of aryl methyl sites for hydroxylation is 1. The summed E-state index contributed by atoms with van der Waals surface area (Å²) in [6, 6.07) is 5.19. The number of carbonyl (C=O) groups excluding carboxylic acids is 1. The number of ether oxygens (including phenoxy) is 5. The first kappa shape index (κ1) is 37.9. The first-order chi connectivity index (χ1) is 25.9. The van der Waals surface area contributed by atoms with Crippen molar-refractivity contribution in [2.24, 2.45) is 0 Å². The van der Waals surface area contributed by atoms with Crippen LogP contribution in [0.25, 0.3) is 0 Å². The highest BCUT2D eigenvalue weighted by molar-refractivity contribution is 8.00. The van der Waals surface area contributed by atoms with Crippen molar-refractivity contribution in [2.75, 3.05) is 46.9 Å². The van der Waals surface area contributed by atoms with Crippen molar-refractivity contribution >= 4 is 24.2 Å². The number of piperazine rings is 1. The molecule has 4 heterocycles. The van der Waals surface area contributed by atoms with Crippen LogP contribution in [0.4, 0.5) is 0 Å². The predicted octanol–water partition coefficient (Wildman–Crippen LogP) is 4.85. The minimum Gasteiger partial charge on any atom is -0.508 e. The van der Waals surface area contributed by atoms with Crippen LogP contribution in [0.5, 0.6) is 23.0 Å². The molecule has 0 spiro atoms. The third-order valence-electron chi connectivity index (χ3n) is 12.1. The van der Waals surface area contributed by atoms with Crippen LogP contribution in [-0.4, -0.2) is 108 Å². The van der Waals surface area contributed by atoms with E-state index in [0.29, 0.717) is 47.8 Å². The molecule has 6 atom stereocenters. The number of phenols is 1. The van der Waals surface area contributed by atoms with Crippen LogP contribution in [0.1, 0.15) is 60.5 Å². The van der Waals surface area contributed by atoms with E-state index in [-0.39, 0.29) is 65.0 Å². The standard InChI is InChI=1S/C40H49N3O10S/c1-20-12-25-13-26-16-43(29-9-8-27(29)38-37(52-19-53-38)21(2)22(3)45)33(34(42(26)5)32(25)35(46)36(20)50-7)23(4)54-17-40(39(47)48)28-15-30(49-6)31(51-18-44)14-24(28)10-11-41-40/h12,14-15,18,23,26,29,33-34,41,45-46H,3,8-11,13,16-17,19H2,1-2,4-7H3,(H,47,48)/b37-21+,38-27-/t23?,26?,29?,33?,34?,40-/m1/s1. The number of hydrogen-bond acceptors (Lipinski definition) is 13. The molecule has 3 fully saturated rings. The summed E-state index contributed by atoms with van der Waals surface area (Å²) in [6.45, 7) is 11.1. The first-order valence-electron chi connectivity index (χ1n) is 18.2. The van der Waals surface area contributed by atoms with Crippen LogP contribution < -0.4 is 19.5 Å². The van der Waals surface area contributed by atoms with Gasteiger partial charge in [-0.25, -0.2) is 4.79 Å². The van der Waals surface area contributed by atoms with E-state index in [4.69, 9.17) is 23.7 Å². The number of carboxylic acids is 1. The zero-order valence-electron chi connectivity index (χ0n) is 31.6. The molecule has 2 bridgehead atoms. The summed E-state index contributed by atoms with van der Waals surface area (Å²) < 4.78 is 28.4. The molecule has 1 saturated carbocycles. The number of rotatable bonds is 11. The minimum atomic E-state index is -1.46. The number of nitrogens with one attached hydrogen (secondary N) is 1. The quantitative estimate of drug-likeness (QED) is 0.182. The molecule has 14 heteroatoms. The molecule has 4 aliphatic heterocycles. The molecule has 0 amide bonds. The summed E-state index contributed by atoms with van der Waals surface area (Å²) in [5, 5.41) is 36.3. The molecule has 54 heavy (non-hydrogen) atoms. The SMILES string of the molecule is C=C(O)/C(C)=C1/OCO/C1=C1/CCC1N1CC2Cc3cc(C)c(OC)c(O)c3C(C1C(C)SC[C@@]1(C(=O)O)NCCc3cc(OC=O)c(OC)cc31)N2C. The van der Waals surface area contributed by atoms with Gasteiger partial charge in [-0.1, -0.05) is 19.6 Å². The number of aliphatic hydroxyl groups excluding tert-OH is 1. The Hall–Kier alpha value is -4.37. The molecule has 7 rings (SSSR count). The third kappa shape index (κ3) is 6.07. The van der Waals surface area contributed by atoms with Crippen LogP contribution >= 0.6 is 11.8 Å². The fourth-order valence-corrected chi connectivity index (χ4v) is 10.6. The molecule has 1 aliphatic carbocycles. The van der Waals surface area contributed by atoms with Crippen LogP contribution in [0, 0.1) is 6.92 Å². The Bertz CT molecular complexity index is 1950. The van der Waals surface area contributed by atoms with E-state index < -0.39 is 11.5 Å². The van der Waals surface area contributed by atoms with Gasteiger partial charge in [0, 0.05) is 53.4 Å². The lowest BCUT2D eigenvalue weighted by molar-refractivity contribution is -0.144. The van der Waals surface area contributed by atoms with Gasteiger partial charge in [-0.2, -0.15) is 11.8 Å². The molecule has 2 aromatic rings. The molecule has 13 nitrogen and oxygen atoms in total. The first-order valence-corrected chi connectivity index (χ1v) is 19.3. The highest BCUT2D eigenvalue weighted by Crippen LogP contribution is 2.53. The third-order valence-corrected chi connectivity index (χ3v) is 13.5. The topological polar surface area (TPSA) is 159 Å². The Morgan fingerprint density at radius 3 is 2.59 bits per heavy atom. The van der Waals surface area contributed by atoms with E-state index in [1.165, 1.54) is 7.11 Å². The van der Waals surface area contributed by atoms with E-state index in [0.717, 1.165) is 53.6 Å². The molecular formula is C40H49N3O10S. The monoisotopic (exact) mass is 763 g/mol. The number of phenolic OH excluding ortho intramolecular Hbond substituents is 1. The van der Waals surface area contributed by atoms with Crippen LogP contribution in [0.2, 0.25) is 0 Å². The second-order valence-electron chi connectivity index (χ2n) is 14.8. The average Bonchev–Trinajstić information content (AvgIpc) is 3.59. The molecule has 0 aromatic heterocycles. The van der Waals surface area contributed by atoms with Gasteiger partial charge in [0.25, 0.3) is 6.47 Å². The number of fused-ring (bicyclic) bond motifs is 5. The Kier molecular flexibility index (Phi) is 10.3. The van der Waals surface area contributed by atoms with E-state index in [2.05, 4.69) is 41.7 Å². The molecule has 2 aromatic carbocycles. The molecular weight excluding hydrogens is 715 g/mol. The normalized spacial score (nSPS) is 29.1. The smallest absolute Gasteiger partial charge is 0.329 e. The van der Waals surface area contributed by atoms with Crippen molar-refractivity contribution in [2.45, 2.75) is 81.4 Å². The Morgan fingerprint density at radius 1 is 1.17 bits per heavy atom. The maximum Gasteiger partial charge on any atom is 0.329 e. The maximum absolute atomic E-state index is 13.4. The Morgan fingerprint density at radius 2 is 1.94 bits per heavy atom. The number of likely N-dealkylation sites (N-methyl/N-ethyl adjacent to an activating group) is 1.